The lowest BCUT2D eigenvalue weighted by atomic mass is 9.96. The van der Waals surface area contributed by atoms with Gasteiger partial charge in [-0.25, -0.2) is 4.73 Å². The van der Waals surface area contributed by atoms with Crippen molar-refractivity contribution in [2.75, 3.05) is 0 Å². The zero-order chi connectivity index (χ0) is 14.4. The Morgan fingerprint density at radius 2 is 1.89 bits per heavy atom. The molecule has 0 saturated heterocycles. The van der Waals surface area contributed by atoms with E-state index in [0.717, 1.165) is 5.56 Å². The SMILES string of the molecule is Cc1ccc2c(c1)[n+]([O-])c(C(N)C(C)(C)N)n[n+]2[O-]. The molecule has 0 bridgehead atoms. The highest BCUT2D eigenvalue weighted by Crippen LogP contribution is 2.17. The molecule has 102 valence electrons. The standard InChI is InChI=1S/C12H17N5O2/c1-7-4-5-8-9(6-7)16(18)11(15-17(8)19)10(13)12(2,3)14/h4-6,10H,13-14H2,1-3H3. The smallest absolute Gasteiger partial charge is 0.395 e. The van der Waals surface area contributed by atoms with Crippen molar-refractivity contribution in [3.63, 3.8) is 0 Å². The monoisotopic (exact) mass is 263 g/mol. The lowest BCUT2D eigenvalue weighted by molar-refractivity contribution is -0.686. The zero-order valence-corrected chi connectivity index (χ0v) is 11.1. The Kier molecular flexibility index (Phi) is 3.03. The van der Waals surface area contributed by atoms with Crippen LogP contribution in [0.5, 0.6) is 0 Å². The summed E-state index contributed by atoms with van der Waals surface area (Å²) in [5, 5.41) is 27.8. The summed E-state index contributed by atoms with van der Waals surface area (Å²) in [6, 6.07) is 4.08. The first-order valence-electron chi connectivity index (χ1n) is 5.90. The van der Waals surface area contributed by atoms with E-state index in [0.29, 0.717) is 9.58 Å². The summed E-state index contributed by atoms with van der Waals surface area (Å²) in [5.41, 5.74) is 12.2. The molecule has 2 aromatic rings. The van der Waals surface area contributed by atoms with Gasteiger partial charge in [-0.3, -0.25) is 0 Å². The maximum Gasteiger partial charge on any atom is 0.395 e. The van der Waals surface area contributed by atoms with E-state index in [4.69, 9.17) is 11.5 Å². The van der Waals surface area contributed by atoms with Gasteiger partial charge in [0.2, 0.25) is 10.6 Å². The van der Waals surface area contributed by atoms with Crippen molar-refractivity contribution in [1.29, 1.82) is 0 Å². The molecule has 0 radical (unpaired) electrons. The van der Waals surface area contributed by atoms with Crippen molar-refractivity contribution in [1.82, 2.24) is 5.10 Å². The summed E-state index contributed by atoms with van der Waals surface area (Å²) in [6.45, 7) is 5.19. The number of nitrogens with two attached hydrogens (primary N) is 2. The fourth-order valence-corrected chi connectivity index (χ4v) is 1.79. The van der Waals surface area contributed by atoms with Crippen molar-refractivity contribution in [2.45, 2.75) is 32.4 Å². The lowest BCUT2D eigenvalue weighted by Crippen LogP contribution is -2.54. The van der Waals surface area contributed by atoms with Crippen LogP contribution in [0, 0.1) is 17.3 Å². The molecule has 1 aromatic carbocycles. The van der Waals surface area contributed by atoms with Gasteiger partial charge in [0, 0.05) is 11.6 Å². The number of hydrogen-bond donors (Lipinski definition) is 2. The van der Waals surface area contributed by atoms with Gasteiger partial charge in [0.15, 0.2) is 0 Å². The van der Waals surface area contributed by atoms with Gasteiger partial charge in [-0.05, 0) is 32.4 Å². The van der Waals surface area contributed by atoms with Crippen molar-refractivity contribution >= 4 is 11.0 Å². The summed E-state index contributed by atoms with van der Waals surface area (Å²) in [6.07, 6.45) is 0. The molecular weight excluding hydrogens is 246 g/mol. The van der Waals surface area contributed by atoms with Gasteiger partial charge in [0.25, 0.3) is 0 Å². The molecular formula is C12H17N5O2. The number of rotatable bonds is 2. The predicted octanol–water partition coefficient (Wildman–Crippen LogP) is -0.453. The zero-order valence-electron chi connectivity index (χ0n) is 11.1. The van der Waals surface area contributed by atoms with Crippen LogP contribution in [0.1, 0.15) is 31.3 Å². The summed E-state index contributed by atoms with van der Waals surface area (Å²) in [7, 11) is 0. The molecule has 0 amide bonds. The Balaban J connectivity index is 2.74. The molecule has 0 aliphatic heterocycles. The van der Waals surface area contributed by atoms with E-state index >= 15 is 0 Å². The van der Waals surface area contributed by atoms with Crippen molar-refractivity contribution in [3.05, 3.63) is 40.0 Å². The number of fused-ring (bicyclic) bond motifs is 1. The minimum Gasteiger partial charge on any atom is -0.710 e. The van der Waals surface area contributed by atoms with E-state index < -0.39 is 11.6 Å². The molecule has 0 fully saturated rings. The van der Waals surface area contributed by atoms with Gasteiger partial charge in [-0.2, -0.15) is 0 Å². The number of aryl methyl sites for hydroxylation is 1. The summed E-state index contributed by atoms with van der Waals surface area (Å²) >= 11 is 0. The van der Waals surface area contributed by atoms with E-state index in [-0.39, 0.29) is 16.9 Å². The average molecular weight is 263 g/mol. The molecule has 19 heavy (non-hydrogen) atoms. The molecule has 7 nitrogen and oxygen atoms in total. The highest BCUT2D eigenvalue weighted by atomic mass is 16.5. The maximum atomic E-state index is 12.3. The second-order valence-electron chi connectivity index (χ2n) is 5.32. The van der Waals surface area contributed by atoms with E-state index in [9.17, 15) is 10.4 Å². The van der Waals surface area contributed by atoms with Crippen LogP contribution in [0.4, 0.5) is 0 Å². The number of aromatic nitrogens is 3. The van der Waals surface area contributed by atoms with Gasteiger partial charge in [-0.1, -0.05) is 6.07 Å². The third-order valence-corrected chi connectivity index (χ3v) is 3.04. The highest BCUT2D eigenvalue weighted by molar-refractivity contribution is 5.68. The molecule has 4 N–H and O–H groups in total. The summed E-state index contributed by atoms with van der Waals surface area (Å²) in [5.74, 6) is -0.0828. The van der Waals surface area contributed by atoms with Gasteiger partial charge in [0.1, 0.15) is 6.04 Å². The van der Waals surface area contributed by atoms with E-state index in [1.165, 1.54) is 0 Å². The van der Waals surface area contributed by atoms with Crippen LogP contribution in [-0.4, -0.2) is 10.6 Å². The first kappa shape index (κ1) is 13.4. The molecule has 0 aliphatic rings. The quantitative estimate of drug-likeness (QED) is 0.561. The van der Waals surface area contributed by atoms with Crippen LogP contribution in [0.25, 0.3) is 11.0 Å². The van der Waals surface area contributed by atoms with Crippen molar-refractivity contribution in [3.8, 4) is 0 Å². The molecule has 2 rings (SSSR count). The maximum absolute atomic E-state index is 12.3. The fraction of sp³-hybridized carbons (Fsp3) is 0.417. The predicted molar refractivity (Wildman–Crippen MR) is 69.6 cm³/mol. The number of nitrogens with zero attached hydrogens (tertiary/aromatic N) is 3. The number of hydrogen-bond acceptors (Lipinski definition) is 5. The second kappa shape index (κ2) is 4.29. The molecule has 7 heteroatoms. The molecule has 1 atom stereocenters. The Morgan fingerprint density at radius 3 is 2.47 bits per heavy atom. The van der Waals surface area contributed by atoms with E-state index in [1.807, 2.05) is 6.92 Å². The van der Waals surface area contributed by atoms with Gasteiger partial charge in [0.05, 0.1) is 4.85 Å². The Bertz CT molecular complexity index is 636. The normalized spacial score (nSPS) is 13.7. The summed E-state index contributed by atoms with van der Waals surface area (Å²) in [4.78, 5) is 0.407. The van der Waals surface area contributed by atoms with Crippen LogP contribution in [0.15, 0.2) is 18.2 Å². The Morgan fingerprint density at radius 1 is 1.26 bits per heavy atom. The molecule has 1 unspecified atom stereocenters. The molecule has 0 saturated carbocycles. The van der Waals surface area contributed by atoms with Gasteiger partial charge >= 0.3 is 11.3 Å². The highest BCUT2D eigenvalue weighted by Gasteiger charge is 2.35. The molecule has 1 aromatic heterocycles. The first-order valence-corrected chi connectivity index (χ1v) is 5.90. The minimum absolute atomic E-state index is 0.0828. The Labute approximate surface area is 110 Å². The second-order valence-corrected chi connectivity index (χ2v) is 5.32. The average Bonchev–Trinajstić information content (AvgIpc) is 2.31. The van der Waals surface area contributed by atoms with E-state index in [1.54, 1.807) is 32.0 Å². The summed E-state index contributed by atoms with van der Waals surface area (Å²) < 4.78 is 0.579. The first-order chi connectivity index (χ1) is 8.71. The van der Waals surface area contributed by atoms with Crippen LogP contribution in [0.2, 0.25) is 0 Å². The molecule has 0 aliphatic carbocycles. The third kappa shape index (κ3) is 2.29. The van der Waals surface area contributed by atoms with Crippen LogP contribution < -0.4 is 21.0 Å². The van der Waals surface area contributed by atoms with Gasteiger partial charge < -0.3 is 21.9 Å². The topological polar surface area (TPSA) is 119 Å². The fourth-order valence-electron chi connectivity index (χ4n) is 1.79. The lowest BCUT2D eigenvalue weighted by Gasteiger charge is -2.23. The largest absolute Gasteiger partial charge is 0.710 e. The van der Waals surface area contributed by atoms with Crippen LogP contribution in [-0.2, 0) is 0 Å². The molecule has 1 heterocycles. The van der Waals surface area contributed by atoms with Crippen LogP contribution >= 0.6 is 0 Å². The minimum atomic E-state index is -0.857. The number of benzene rings is 1. The Hall–Kier alpha value is -1.99. The van der Waals surface area contributed by atoms with Crippen molar-refractivity contribution in [2.24, 2.45) is 11.5 Å². The molecule has 0 spiro atoms. The third-order valence-electron chi connectivity index (χ3n) is 3.04. The van der Waals surface area contributed by atoms with Gasteiger partial charge in [-0.15, -0.1) is 0 Å². The van der Waals surface area contributed by atoms with Crippen molar-refractivity contribution < 1.29 is 9.58 Å². The van der Waals surface area contributed by atoms with Crippen LogP contribution in [0.3, 0.4) is 0 Å². The van der Waals surface area contributed by atoms with E-state index in [2.05, 4.69) is 5.10 Å².